The van der Waals surface area contributed by atoms with Crippen LogP contribution in [0.4, 0.5) is 0 Å². The van der Waals surface area contributed by atoms with Crippen LogP contribution in [0.5, 0.6) is 0 Å². The van der Waals surface area contributed by atoms with Gasteiger partial charge in [-0.15, -0.1) is 0 Å². The molecule has 1 aliphatic carbocycles. The van der Waals surface area contributed by atoms with Crippen LogP contribution in [0.3, 0.4) is 0 Å². The summed E-state index contributed by atoms with van der Waals surface area (Å²) in [7, 11) is 0. The first kappa shape index (κ1) is 31.9. The van der Waals surface area contributed by atoms with Gasteiger partial charge in [-0.3, -0.25) is 0 Å². The van der Waals surface area contributed by atoms with Gasteiger partial charge in [-0.1, -0.05) is 152 Å². The van der Waals surface area contributed by atoms with Gasteiger partial charge in [0.1, 0.15) is 11.2 Å². The highest BCUT2D eigenvalue weighted by molar-refractivity contribution is 6.17. The third-order valence-corrected chi connectivity index (χ3v) is 12.1. The first-order chi connectivity index (χ1) is 28.2. The van der Waals surface area contributed by atoms with Crippen LogP contribution >= 0.6 is 0 Å². The molecular weight excluding hydrogens is 693 g/mol. The normalized spacial score (nSPS) is 13.5. The number of aromatic nitrogens is 2. The first-order valence-corrected chi connectivity index (χ1v) is 19.6. The van der Waals surface area contributed by atoms with E-state index in [1.807, 2.05) is 6.07 Å². The zero-order valence-electron chi connectivity index (χ0n) is 31.2. The van der Waals surface area contributed by atoms with Crippen molar-refractivity contribution < 1.29 is 4.42 Å². The molecule has 12 rings (SSSR count). The van der Waals surface area contributed by atoms with Crippen molar-refractivity contribution in [3.63, 3.8) is 0 Å². The van der Waals surface area contributed by atoms with Gasteiger partial charge in [0.15, 0.2) is 5.82 Å². The Kier molecular flexibility index (Phi) is 6.91. The predicted molar refractivity (Wildman–Crippen MR) is 236 cm³/mol. The lowest BCUT2D eigenvalue weighted by molar-refractivity contribution is 0.673. The van der Waals surface area contributed by atoms with Crippen molar-refractivity contribution in [3.05, 3.63) is 204 Å². The van der Waals surface area contributed by atoms with Crippen molar-refractivity contribution in [1.29, 1.82) is 0 Å². The summed E-state index contributed by atoms with van der Waals surface area (Å²) >= 11 is 0. The summed E-state index contributed by atoms with van der Waals surface area (Å²) in [4.78, 5) is 10.8. The molecule has 0 aliphatic heterocycles. The van der Waals surface area contributed by atoms with Gasteiger partial charge >= 0.3 is 0 Å². The van der Waals surface area contributed by atoms with E-state index in [9.17, 15) is 0 Å². The Labute approximate surface area is 329 Å². The number of nitrogens with zero attached hydrogens (tertiary/aromatic N) is 2. The lowest BCUT2D eigenvalue weighted by Crippen LogP contribution is -2.03. The monoisotopic (exact) mass is 726 g/mol. The largest absolute Gasteiger partial charge is 0.455 e. The van der Waals surface area contributed by atoms with Crippen LogP contribution in [0.2, 0.25) is 0 Å². The molecule has 2 aromatic heterocycles. The Morgan fingerprint density at radius 3 is 1.86 bits per heavy atom. The Hall–Kier alpha value is -7.36. The lowest BCUT2D eigenvalue weighted by Gasteiger charge is -2.19. The molecule has 3 nitrogen and oxygen atoms in total. The highest BCUT2D eigenvalue weighted by atomic mass is 16.3. The van der Waals surface area contributed by atoms with Crippen molar-refractivity contribution in [2.24, 2.45) is 0 Å². The molecule has 2 heterocycles. The van der Waals surface area contributed by atoms with Gasteiger partial charge < -0.3 is 4.42 Å². The third-order valence-electron chi connectivity index (χ3n) is 12.1. The van der Waals surface area contributed by atoms with Gasteiger partial charge in [-0.25, -0.2) is 9.97 Å². The second-order valence-electron chi connectivity index (χ2n) is 15.3. The number of rotatable bonds is 4. The van der Waals surface area contributed by atoms with Crippen molar-refractivity contribution in [3.8, 4) is 45.0 Å². The zero-order valence-corrected chi connectivity index (χ0v) is 31.2. The molecule has 0 fully saturated rings. The second kappa shape index (κ2) is 12.3. The van der Waals surface area contributed by atoms with E-state index in [0.717, 1.165) is 71.7 Å². The Morgan fingerprint density at radius 2 is 1.04 bits per heavy atom. The number of hydrogen-bond donors (Lipinski definition) is 0. The van der Waals surface area contributed by atoms with Crippen molar-refractivity contribution >= 4 is 54.3 Å². The van der Waals surface area contributed by atoms with Crippen LogP contribution in [0.1, 0.15) is 28.2 Å². The van der Waals surface area contributed by atoms with E-state index in [2.05, 4.69) is 183 Å². The van der Waals surface area contributed by atoms with Crippen LogP contribution in [0.25, 0.3) is 99.3 Å². The second-order valence-corrected chi connectivity index (χ2v) is 15.3. The summed E-state index contributed by atoms with van der Waals surface area (Å²) in [6.07, 6.45) is 0. The molecule has 57 heavy (non-hydrogen) atoms. The summed E-state index contributed by atoms with van der Waals surface area (Å²) < 4.78 is 7.12. The van der Waals surface area contributed by atoms with E-state index in [0.29, 0.717) is 5.82 Å². The van der Waals surface area contributed by atoms with Gasteiger partial charge in [0.25, 0.3) is 0 Å². The minimum absolute atomic E-state index is 0.0163. The molecule has 0 N–H and O–H groups in total. The molecule has 266 valence electrons. The quantitative estimate of drug-likeness (QED) is 0.181. The van der Waals surface area contributed by atoms with Gasteiger partial charge in [-0.05, 0) is 92.0 Å². The molecule has 0 saturated carbocycles. The minimum atomic E-state index is 0.0163. The Balaban J connectivity index is 1.20. The van der Waals surface area contributed by atoms with Crippen molar-refractivity contribution in [1.82, 2.24) is 9.97 Å². The third kappa shape index (κ3) is 4.85. The summed E-state index contributed by atoms with van der Waals surface area (Å²) in [6, 6.07) is 65.4. The smallest absolute Gasteiger partial charge is 0.160 e. The van der Waals surface area contributed by atoms with Crippen LogP contribution in [-0.2, 0) is 0 Å². The van der Waals surface area contributed by atoms with E-state index in [1.165, 1.54) is 44.0 Å². The maximum absolute atomic E-state index is 7.12. The van der Waals surface area contributed by atoms with Crippen LogP contribution in [0, 0.1) is 6.92 Å². The molecule has 3 heteroatoms. The van der Waals surface area contributed by atoms with E-state index in [-0.39, 0.29) is 5.92 Å². The molecule has 1 aliphatic rings. The number of hydrogen-bond acceptors (Lipinski definition) is 3. The van der Waals surface area contributed by atoms with E-state index in [1.54, 1.807) is 0 Å². The molecule has 1 atom stereocenters. The van der Waals surface area contributed by atoms with Crippen molar-refractivity contribution in [2.75, 3.05) is 0 Å². The number of benzene rings is 9. The highest BCUT2D eigenvalue weighted by Gasteiger charge is 2.32. The topological polar surface area (TPSA) is 38.9 Å². The van der Waals surface area contributed by atoms with E-state index in [4.69, 9.17) is 14.4 Å². The Bertz CT molecular complexity index is 3430. The predicted octanol–water partition coefficient (Wildman–Crippen LogP) is 14.3. The average molecular weight is 727 g/mol. The molecular formula is C54H34N2O. The summed E-state index contributed by atoms with van der Waals surface area (Å²) in [6.45, 7) is 2.17. The standard InChI is InChI=1S/C54H34N2O/c1-32-50(43-25-13-20-33-14-7-9-21-39(33)43)55-54(35-16-3-2-4-17-35)56-51(32)48-31-38(30-47-44-27-26-34-15-8-10-22-40(34)52(44)57-53(47)48)49-42-24-12-11-23-41(42)45-28-36-18-5-6-19-37(36)29-46(45)49/h2-31,49H,1H3. The highest BCUT2D eigenvalue weighted by Crippen LogP contribution is 2.52. The lowest BCUT2D eigenvalue weighted by atomic mass is 9.85. The van der Waals surface area contributed by atoms with Crippen LogP contribution in [-0.4, -0.2) is 9.97 Å². The molecule has 0 spiro atoms. The fraction of sp³-hybridized carbons (Fsp3) is 0.0370. The maximum Gasteiger partial charge on any atom is 0.160 e. The van der Waals surface area contributed by atoms with Gasteiger partial charge in [0.05, 0.1) is 11.4 Å². The first-order valence-electron chi connectivity index (χ1n) is 19.6. The van der Waals surface area contributed by atoms with Crippen molar-refractivity contribution in [2.45, 2.75) is 12.8 Å². The number of furan rings is 1. The van der Waals surface area contributed by atoms with Gasteiger partial charge in [-0.2, -0.15) is 0 Å². The molecule has 9 aromatic carbocycles. The maximum atomic E-state index is 7.12. The molecule has 0 bridgehead atoms. The van der Waals surface area contributed by atoms with Crippen LogP contribution in [0.15, 0.2) is 186 Å². The molecule has 0 radical (unpaired) electrons. The molecule has 0 amide bonds. The molecule has 11 aromatic rings. The number of fused-ring (bicyclic) bond motifs is 10. The Morgan fingerprint density at radius 1 is 0.404 bits per heavy atom. The fourth-order valence-corrected chi connectivity index (χ4v) is 9.41. The van der Waals surface area contributed by atoms with Gasteiger partial charge in [0.2, 0.25) is 0 Å². The summed E-state index contributed by atoms with van der Waals surface area (Å²) in [5.41, 5.74) is 14.0. The SMILES string of the molecule is Cc1c(-c2cccc3ccccc23)nc(-c2ccccc2)nc1-c1cc(C2c3ccccc3-c3cc4ccccc4cc32)cc2c1oc1c3ccccc3ccc21. The zero-order chi connectivity index (χ0) is 37.6. The average Bonchev–Trinajstić information content (AvgIpc) is 3.81. The summed E-state index contributed by atoms with van der Waals surface area (Å²) in [5.74, 6) is 0.699. The minimum Gasteiger partial charge on any atom is -0.455 e. The van der Waals surface area contributed by atoms with E-state index >= 15 is 0 Å². The fourth-order valence-electron chi connectivity index (χ4n) is 9.41. The summed E-state index contributed by atoms with van der Waals surface area (Å²) in [5, 5.41) is 9.27. The van der Waals surface area contributed by atoms with Gasteiger partial charge in [0, 0.05) is 44.3 Å². The molecule has 0 saturated heterocycles. The molecule has 1 unspecified atom stereocenters. The van der Waals surface area contributed by atoms with E-state index < -0.39 is 0 Å². The van der Waals surface area contributed by atoms with Crippen LogP contribution < -0.4 is 0 Å².